The molecule has 32 heavy (non-hydrogen) atoms. The number of nitrogens with zero attached hydrogens (tertiary/aromatic N) is 1. The summed E-state index contributed by atoms with van der Waals surface area (Å²) in [6.07, 6.45) is 1.66. The third-order valence-corrected chi connectivity index (χ3v) is 6.40. The number of carboxylic acids is 1. The highest BCUT2D eigenvalue weighted by Gasteiger charge is 2.34. The van der Waals surface area contributed by atoms with E-state index in [-0.39, 0.29) is 11.5 Å². The van der Waals surface area contributed by atoms with Crippen LogP contribution in [-0.4, -0.2) is 21.3 Å². The van der Waals surface area contributed by atoms with Crippen LogP contribution in [-0.2, 0) is 4.79 Å². The molecule has 4 aromatic rings. The topological polar surface area (TPSA) is 70.8 Å². The molecular formula is C25H15NO4S2. The molecule has 0 bridgehead atoms. The number of rotatable bonds is 4. The Morgan fingerprint density at radius 1 is 1.00 bits per heavy atom. The van der Waals surface area contributed by atoms with E-state index in [4.69, 9.17) is 16.6 Å². The number of carbonyl (C=O) groups is 2. The number of amides is 1. The minimum atomic E-state index is -1.00. The van der Waals surface area contributed by atoms with Crippen LogP contribution < -0.4 is 4.90 Å². The predicted molar refractivity (Wildman–Crippen MR) is 131 cm³/mol. The van der Waals surface area contributed by atoms with Crippen molar-refractivity contribution < 1.29 is 19.1 Å². The third kappa shape index (κ3) is 3.62. The number of anilines is 1. The van der Waals surface area contributed by atoms with Crippen LogP contribution in [0, 0.1) is 0 Å². The zero-order valence-electron chi connectivity index (χ0n) is 16.5. The normalized spacial score (nSPS) is 15.1. The second-order valence-corrected chi connectivity index (χ2v) is 8.78. The van der Waals surface area contributed by atoms with Gasteiger partial charge in [-0.05, 0) is 35.7 Å². The van der Waals surface area contributed by atoms with E-state index >= 15 is 0 Å². The lowest BCUT2D eigenvalue weighted by molar-refractivity contribution is -0.113. The molecular weight excluding hydrogens is 442 g/mol. The summed E-state index contributed by atoms with van der Waals surface area (Å²) in [6, 6.07) is 23.6. The van der Waals surface area contributed by atoms with Gasteiger partial charge in [-0.2, -0.15) is 0 Å². The fourth-order valence-electron chi connectivity index (χ4n) is 3.60. The fraction of sp³-hybridized carbons (Fsp3) is 0. The molecule has 0 aliphatic carbocycles. The molecule has 1 aliphatic rings. The lowest BCUT2D eigenvalue weighted by Gasteiger charge is -2.17. The highest BCUT2D eigenvalue weighted by Crippen LogP contribution is 2.39. The van der Waals surface area contributed by atoms with Gasteiger partial charge >= 0.3 is 5.97 Å². The van der Waals surface area contributed by atoms with Crippen molar-refractivity contribution in [2.45, 2.75) is 0 Å². The van der Waals surface area contributed by atoms with Gasteiger partial charge in [-0.25, -0.2) is 4.79 Å². The second-order valence-electron chi connectivity index (χ2n) is 7.10. The molecule has 1 aromatic heterocycles. The Morgan fingerprint density at radius 3 is 2.62 bits per heavy atom. The second kappa shape index (κ2) is 8.11. The van der Waals surface area contributed by atoms with Crippen LogP contribution in [0.5, 0.6) is 0 Å². The highest BCUT2D eigenvalue weighted by molar-refractivity contribution is 8.27. The summed E-state index contributed by atoms with van der Waals surface area (Å²) in [5.74, 6) is -0.207. The molecule has 2 heterocycles. The first-order valence-corrected chi connectivity index (χ1v) is 10.9. The summed E-state index contributed by atoms with van der Waals surface area (Å²) in [6.45, 7) is 0. The molecule has 1 fully saturated rings. The van der Waals surface area contributed by atoms with Gasteiger partial charge in [0, 0.05) is 17.0 Å². The van der Waals surface area contributed by atoms with Crippen molar-refractivity contribution in [1.29, 1.82) is 0 Å². The van der Waals surface area contributed by atoms with E-state index in [2.05, 4.69) is 0 Å². The Bertz CT molecular complexity index is 1430. The monoisotopic (exact) mass is 457 g/mol. The van der Waals surface area contributed by atoms with Crippen LogP contribution >= 0.6 is 24.0 Å². The average molecular weight is 458 g/mol. The number of fused-ring (bicyclic) bond motifs is 1. The van der Waals surface area contributed by atoms with E-state index in [0.29, 0.717) is 26.3 Å². The Hall–Kier alpha value is -3.68. The first kappa shape index (κ1) is 20.2. The number of carbonyl (C=O) groups excluding carboxylic acids is 1. The summed E-state index contributed by atoms with van der Waals surface area (Å²) >= 11 is 6.74. The van der Waals surface area contributed by atoms with Gasteiger partial charge in [-0.3, -0.25) is 9.69 Å². The van der Waals surface area contributed by atoms with Crippen LogP contribution in [0.3, 0.4) is 0 Å². The minimum Gasteiger partial charge on any atom is -0.478 e. The number of aromatic carboxylic acids is 1. The molecule has 5 nitrogen and oxygen atoms in total. The van der Waals surface area contributed by atoms with Gasteiger partial charge in [-0.15, -0.1) is 0 Å². The zero-order chi connectivity index (χ0) is 22.2. The number of thiocarbonyl (C=S) groups is 1. The first-order valence-electron chi connectivity index (χ1n) is 9.70. The zero-order valence-corrected chi connectivity index (χ0v) is 18.2. The lowest BCUT2D eigenvalue weighted by atomic mass is 10.1. The largest absolute Gasteiger partial charge is 0.478 e. The molecule has 1 amide bonds. The standard InChI is InChI=1S/C25H15NO4S2/c27-23-22(14-18-11-12-21(30-18)16-7-3-8-17(13-16)24(28)29)32-25(31)26(23)20-10-4-6-15-5-1-2-9-19(15)20/h1-14H,(H,28,29)/b22-14+. The summed E-state index contributed by atoms with van der Waals surface area (Å²) in [7, 11) is 0. The van der Waals surface area contributed by atoms with Crippen LogP contribution in [0.1, 0.15) is 16.1 Å². The SMILES string of the molecule is O=C(O)c1cccc(-c2ccc(/C=C3/SC(=S)N(c4cccc5ccccc45)C3=O)o2)c1. The number of thioether (sulfide) groups is 1. The number of furan rings is 1. The van der Waals surface area contributed by atoms with E-state index in [9.17, 15) is 14.7 Å². The highest BCUT2D eigenvalue weighted by atomic mass is 32.2. The maximum absolute atomic E-state index is 13.2. The molecule has 156 valence electrons. The molecule has 7 heteroatoms. The van der Waals surface area contributed by atoms with Gasteiger partial charge in [0.25, 0.3) is 5.91 Å². The van der Waals surface area contributed by atoms with Gasteiger partial charge in [0.05, 0.1) is 16.2 Å². The summed E-state index contributed by atoms with van der Waals surface area (Å²) in [4.78, 5) is 26.4. The summed E-state index contributed by atoms with van der Waals surface area (Å²) in [5.41, 5.74) is 1.57. The average Bonchev–Trinajstić information content (AvgIpc) is 3.38. The van der Waals surface area contributed by atoms with Crippen molar-refractivity contribution in [3.63, 3.8) is 0 Å². The van der Waals surface area contributed by atoms with Crippen molar-refractivity contribution in [3.8, 4) is 11.3 Å². The quantitative estimate of drug-likeness (QED) is 0.290. The smallest absolute Gasteiger partial charge is 0.335 e. The van der Waals surface area contributed by atoms with Crippen LogP contribution in [0.25, 0.3) is 28.2 Å². The third-order valence-electron chi connectivity index (χ3n) is 5.10. The van der Waals surface area contributed by atoms with Gasteiger partial charge in [0.1, 0.15) is 11.5 Å². The molecule has 3 aromatic carbocycles. The van der Waals surface area contributed by atoms with Gasteiger partial charge < -0.3 is 9.52 Å². The Balaban J connectivity index is 1.46. The minimum absolute atomic E-state index is 0.177. The van der Waals surface area contributed by atoms with E-state index < -0.39 is 5.97 Å². The van der Waals surface area contributed by atoms with Crippen molar-refractivity contribution in [1.82, 2.24) is 0 Å². The van der Waals surface area contributed by atoms with E-state index in [1.165, 1.54) is 17.8 Å². The molecule has 1 aliphatic heterocycles. The predicted octanol–water partition coefficient (Wildman–Crippen LogP) is 6.20. The first-order chi connectivity index (χ1) is 15.5. The Labute approximate surface area is 193 Å². The fourth-order valence-corrected chi connectivity index (χ4v) is 4.86. The van der Waals surface area contributed by atoms with Crippen molar-refractivity contribution in [3.05, 3.63) is 95.1 Å². The maximum atomic E-state index is 13.2. The Kier molecular flexibility index (Phi) is 5.13. The number of benzene rings is 3. The lowest BCUT2D eigenvalue weighted by Crippen LogP contribution is -2.27. The van der Waals surface area contributed by atoms with Crippen LogP contribution in [0.15, 0.2) is 88.2 Å². The van der Waals surface area contributed by atoms with Crippen LogP contribution in [0.4, 0.5) is 5.69 Å². The molecule has 5 rings (SSSR count). The number of carboxylic acid groups (broad SMARTS) is 1. The van der Waals surface area contributed by atoms with Crippen molar-refractivity contribution in [2.24, 2.45) is 0 Å². The molecule has 0 spiro atoms. The molecule has 0 atom stereocenters. The molecule has 0 saturated carbocycles. The van der Waals surface area contributed by atoms with Crippen molar-refractivity contribution in [2.75, 3.05) is 4.90 Å². The molecule has 0 unspecified atom stereocenters. The summed E-state index contributed by atoms with van der Waals surface area (Å²) < 4.78 is 6.32. The van der Waals surface area contributed by atoms with E-state index in [0.717, 1.165) is 16.5 Å². The van der Waals surface area contributed by atoms with Crippen molar-refractivity contribution >= 4 is 62.7 Å². The van der Waals surface area contributed by atoms with Gasteiger partial charge in [0.2, 0.25) is 0 Å². The van der Waals surface area contributed by atoms with Gasteiger partial charge in [-0.1, -0.05) is 72.5 Å². The van der Waals surface area contributed by atoms with Gasteiger partial charge in [0.15, 0.2) is 4.32 Å². The van der Waals surface area contributed by atoms with E-state index in [1.54, 1.807) is 41.3 Å². The Morgan fingerprint density at radius 2 is 1.78 bits per heavy atom. The molecule has 1 N–H and O–H groups in total. The van der Waals surface area contributed by atoms with E-state index in [1.807, 2.05) is 42.5 Å². The molecule has 0 radical (unpaired) electrons. The maximum Gasteiger partial charge on any atom is 0.335 e. The molecule has 1 saturated heterocycles. The number of hydrogen-bond donors (Lipinski definition) is 1. The summed E-state index contributed by atoms with van der Waals surface area (Å²) in [5, 5.41) is 11.2. The number of hydrogen-bond acceptors (Lipinski definition) is 5. The van der Waals surface area contributed by atoms with Crippen LogP contribution in [0.2, 0.25) is 0 Å².